The maximum Gasteiger partial charge on any atom is 0.277 e. The van der Waals surface area contributed by atoms with Crippen LogP contribution in [0.25, 0.3) is 11.5 Å². The summed E-state index contributed by atoms with van der Waals surface area (Å²) in [6.45, 7) is 0.362. The first-order chi connectivity index (χ1) is 12.6. The third kappa shape index (κ3) is 4.79. The van der Waals surface area contributed by atoms with Crippen LogP contribution < -0.4 is 10.1 Å². The molecule has 1 N–H and O–H groups in total. The molecule has 3 rings (SSSR count). The maximum atomic E-state index is 12.9. The van der Waals surface area contributed by atoms with Gasteiger partial charge in [0.25, 0.3) is 5.22 Å². The summed E-state index contributed by atoms with van der Waals surface area (Å²) in [7, 11) is 1.54. The van der Waals surface area contributed by atoms with E-state index in [1.165, 1.54) is 12.1 Å². The Morgan fingerprint density at radius 3 is 2.73 bits per heavy atom. The Hall–Kier alpha value is -2.94. The predicted octanol–water partition coefficient (Wildman–Crippen LogP) is 2.69. The lowest BCUT2D eigenvalue weighted by molar-refractivity contribution is -0.118. The minimum atomic E-state index is -0.341. The van der Waals surface area contributed by atoms with Crippen LogP contribution in [0.15, 0.2) is 52.2 Å². The number of rotatable bonds is 7. The smallest absolute Gasteiger partial charge is 0.277 e. The number of ether oxygens (including phenoxy) is 1. The van der Waals surface area contributed by atoms with E-state index in [1.54, 1.807) is 31.5 Å². The van der Waals surface area contributed by atoms with Crippen LogP contribution in [0, 0.1) is 5.82 Å². The second-order valence-corrected chi connectivity index (χ2v) is 6.08. The molecule has 0 radical (unpaired) electrons. The summed E-state index contributed by atoms with van der Waals surface area (Å²) in [4.78, 5) is 16.0. The van der Waals surface area contributed by atoms with Gasteiger partial charge in [-0.05, 0) is 29.8 Å². The molecule has 0 saturated heterocycles. The molecule has 0 spiro atoms. The number of hydrogen-bond acceptors (Lipinski definition) is 7. The van der Waals surface area contributed by atoms with Crippen molar-refractivity contribution >= 4 is 17.7 Å². The summed E-state index contributed by atoms with van der Waals surface area (Å²) in [5, 5.41) is 10.8. The van der Waals surface area contributed by atoms with Gasteiger partial charge < -0.3 is 14.5 Å². The summed E-state index contributed by atoms with van der Waals surface area (Å²) in [5.41, 5.74) is 1.47. The van der Waals surface area contributed by atoms with E-state index in [-0.39, 0.29) is 28.6 Å². The number of thioether (sulfide) groups is 1. The third-order valence-electron chi connectivity index (χ3n) is 3.32. The van der Waals surface area contributed by atoms with Crippen molar-refractivity contribution in [1.82, 2.24) is 20.5 Å². The summed E-state index contributed by atoms with van der Waals surface area (Å²) < 4.78 is 23.4. The number of carbonyl (C=O) groups excluding carboxylic acids is 1. The number of methoxy groups -OCH3 is 1. The van der Waals surface area contributed by atoms with Gasteiger partial charge in [0.1, 0.15) is 5.82 Å². The lowest BCUT2D eigenvalue weighted by Crippen LogP contribution is -2.24. The van der Waals surface area contributed by atoms with Gasteiger partial charge in [0.15, 0.2) is 0 Å². The van der Waals surface area contributed by atoms with Crippen molar-refractivity contribution in [2.75, 3.05) is 12.9 Å². The number of carbonyl (C=O) groups is 1. The topological polar surface area (TPSA) is 90.1 Å². The number of halogens is 1. The molecule has 1 aromatic carbocycles. The zero-order chi connectivity index (χ0) is 18.4. The van der Waals surface area contributed by atoms with Crippen LogP contribution >= 0.6 is 11.8 Å². The van der Waals surface area contributed by atoms with Crippen LogP contribution in [0.1, 0.15) is 5.56 Å². The normalized spacial score (nSPS) is 10.5. The molecule has 0 bridgehead atoms. The summed E-state index contributed by atoms with van der Waals surface area (Å²) in [6, 6.07) is 9.28. The summed E-state index contributed by atoms with van der Waals surface area (Å²) >= 11 is 1.13. The summed E-state index contributed by atoms with van der Waals surface area (Å²) in [6.07, 6.45) is 1.64. The highest BCUT2D eigenvalue weighted by atomic mass is 32.2. The molecule has 0 atom stereocenters. The van der Waals surface area contributed by atoms with Gasteiger partial charge >= 0.3 is 0 Å². The molecule has 0 saturated carbocycles. The largest absolute Gasteiger partial charge is 0.481 e. The first-order valence-corrected chi connectivity index (χ1v) is 8.60. The first-order valence-electron chi connectivity index (χ1n) is 7.62. The Morgan fingerprint density at radius 1 is 1.23 bits per heavy atom. The Bertz CT molecular complexity index is 868. The van der Waals surface area contributed by atoms with E-state index in [4.69, 9.17) is 9.15 Å². The zero-order valence-corrected chi connectivity index (χ0v) is 14.6. The Balaban J connectivity index is 1.47. The molecule has 0 aliphatic heterocycles. The Morgan fingerprint density at radius 2 is 2.04 bits per heavy atom. The van der Waals surface area contributed by atoms with Crippen LogP contribution in [0.4, 0.5) is 4.39 Å². The second-order valence-electron chi connectivity index (χ2n) is 5.15. The highest BCUT2D eigenvalue weighted by Gasteiger charge is 2.11. The second kappa shape index (κ2) is 8.43. The Kier molecular flexibility index (Phi) is 5.80. The molecule has 0 aliphatic carbocycles. The van der Waals surface area contributed by atoms with Gasteiger partial charge in [-0.15, -0.1) is 10.2 Å². The maximum absolute atomic E-state index is 12.9. The molecule has 2 heterocycles. The van der Waals surface area contributed by atoms with Crippen molar-refractivity contribution in [3.63, 3.8) is 0 Å². The van der Waals surface area contributed by atoms with Gasteiger partial charge in [0.2, 0.25) is 17.7 Å². The molecule has 2 aromatic heterocycles. The number of amides is 1. The van der Waals surface area contributed by atoms with E-state index in [1.807, 2.05) is 6.07 Å². The molecule has 134 valence electrons. The van der Waals surface area contributed by atoms with Crippen LogP contribution in [0.5, 0.6) is 5.88 Å². The third-order valence-corrected chi connectivity index (χ3v) is 4.14. The van der Waals surface area contributed by atoms with Crippen molar-refractivity contribution in [2.24, 2.45) is 0 Å². The van der Waals surface area contributed by atoms with E-state index in [2.05, 4.69) is 20.5 Å². The number of benzene rings is 1. The van der Waals surface area contributed by atoms with Gasteiger partial charge in [-0.2, -0.15) is 0 Å². The summed E-state index contributed by atoms with van der Waals surface area (Å²) in [5.74, 6) is 0.411. The van der Waals surface area contributed by atoms with E-state index in [9.17, 15) is 9.18 Å². The van der Waals surface area contributed by atoms with Crippen molar-refractivity contribution in [3.8, 4) is 17.3 Å². The van der Waals surface area contributed by atoms with E-state index in [0.29, 0.717) is 18.0 Å². The fourth-order valence-electron chi connectivity index (χ4n) is 1.99. The SMILES string of the molecule is COc1ccc(CNC(=O)CSc2nnc(-c3ccc(F)cc3)o2)cn1. The van der Waals surface area contributed by atoms with E-state index >= 15 is 0 Å². The minimum absolute atomic E-state index is 0.134. The average molecular weight is 374 g/mol. The molecule has 7 nitrogen and oxygen atoms in total. The number of nitrogens with zero attached hydrogens (tertiary/aromatic N) is 3. The molecular formula is C17H15FN4O3S. The van der Waals surface area contributed by atoms with E-state index in [0.717, 1.165) is 17.3 Å². The zero-order valence-electron chi connectivity index (χ0n) is 13.8. The van der Waals surface area contributed by atoms with Crippen molar-refractivity contribution in [1.29, 1.82) is 0 Å². The fourth-order valence-corrected chi connectivity index (χ4v) is 2.59. The van der Waals surface area contributed by atoms with Crippen molar-refractivity contribution in [3.05, 3.63) is 54.0 Å². The molecule has 26 heavy (non-hydrogen) atoms. The van der Waals surface area contributed by atoms with Gasteiger partial charge in [-0.25, -0.2) is 9.37 Å². The lowest BCUT2D eigenvalue weighted by Gasteiger charge is -2.04. The van der Waals surface area contributed by atoms with Gasteiger partial charge in [0, 0.05) is 24.4 Å². The quantitative estimate of drug-likeness (QED) is 0.636. The molecule has 0 fully saturated rings. The highest BCUT2D eigenvalue weighted by molar-refractivity contribution is 7.99. The van der Waals surface area contributed by atoms with E-state index < -0.39 is 0 Å². The predicted molar refractivity (Wildman–Crippen MR) is 93.1 cm³/mol. The number of aromatic nitrogens is 3. The van der Waals surface area contributed by atoms with Crippen LogP contribution in [0.2, 0.25) is 0 Å². The van der Waals surface area contributed by atoms with Gasteiger partial charge in [-0.1, -0.05) is 17.8 Å². The van der Waals surface area contributed by atoms with Crippen LogP contribution in [0.3, 0.4) is 0 Å². The van der Waals surface area contributed by atoms with Crippen LogP contribution in [-0.2, 0) is 11.3 Å². The Labute approximate surface area is 153 Å². The molecule has 3 aromatic rings. The van der Waals surface area contributed by atoms with Crippen LogP contribution in [-0.4, -0.2) is 34.0 Å². The first kappa shape index (κ1) is 17.9. The number of nitrogens with one attached hydrogen (secondary N) is 1. The molecular weight excluding hydrogens is 359 g/mol. The van der Waals surface area contributed by atoms with Crippen molar-refractivity contribution in [2.45, 2.75) is 11.8 Å². The number of pyridine rings is 1. The highest BCUT2D eigenvalue weighted by Crippen LogP contribution is 2.23. The van der Waals surface area contributed by atoms with Gasteiger partial charge in [0.05, 0.1) is 12.9 Å². The average Bonchev–Trinajstić information content (AvgIpc) is 3.14. The fraction of sp³-hybridized carbons (Fsp3) is 0.176. The monoisotopic (exact) mass is 374 g/mol. The minimum Gasteiger partial charge on any atom is -0.481 e. The molecule has 0 unspecified atom stereocenters. The molecule has 9 heteroatoms. The number of hydrogen-bond donors (Lipinski definition) is 1. The van der Waals surface area contributed by atoms with Gasteiger partial charge in [-0.3, -0.25) is 4.79 Å². The molecule has 0 aliphatic rings. The standard InChI is InChI=1S/C17H15FN4O3S/c1-24-15-7-2-11(9-20-15)8-19-14(23)10-26-17-22-21-16(25-17)12-3-5-13(18)6-4-12/h2-7,9H,8,10H2,1H3,(H,19,23). The lowest BCUT2D eigenvalue weighted by atomic mass is 10.2. The van der Waals surface area contributed by atoms with Crippen molar-refractivity contribution < 1.29 is 18.3 Å². The molecule has 1 amide bonds.